The predicted molar refractivity (Wildman–Crippen MR) is 62.5 cm³/mol. The average Bonchev–Trinajstić information content (AvgIpc) is 2.20. The van der Waals surface area contributed by atoms with E-state index in [0.29, 0.717) is 25.3 Å². The molecule has 0 aromatic rings. The first-order valence-corrected chi connectivity index (χ1v) is 9.51. The van der Waals surface area contributed by atoms with Gasteiger partial charge in [-0.2, -0.15) is 22.2 Å². The predicted octanol–water partition coefficient (Wildman–Crippen LogP) is 4.28. The minimum absolute atomic E-state index is 0.105. The molecular formula is C9H17Cl2F3Si. The number of alkyl halides is 3. The Morgan fingerprint density at radius 1 is 0.933 bits per heavy atom. The highest BCUT2D eigenvalue weighted by Gasteiger charge is 2.20. The Labute approximate surface area is 100 Å². The van der Waals surface area contributed by atoms with Gasteiger partial charge in [0.15, 0.2) is 0 Å². The van der Waals surface area contributed by atoms with Crippen molar-refractivity contribution in [1.29, 1.82) is 0 Å². The first-order chi connectivity index (χ1) is 7.07. The van der Waals surface area contributed by atoms with Crippen molar-refractivity contribution in [3.63, 3.8) is 0 Å². The monoisotopic (exact) mass is 280 g/mol. The van der Waals surface area contributed by atoms with Crippen LogP contribution in [0.25, 0.3) is 0 Å². The summed E-state index contributed by atoms with van der Waals surface area (Å²) in [6.45, 7) is -0.387. The van der Waals surface area contributed by atoms with Gasteiger partial charge in [-0.1, -0.05) is 12.8 Å². The Bertz CT molecular complexity index is 149. The molecule has 2 unspecified atom stereocenters. The number of halogens is 5. The molecule has 2 atom stereocenters. The summed E-state index contributed by atoms with van der Waals surface area (Å²) >= 11 is 11.1. The second-order valence-corrected chi connectivity index (χ2v) is 8.73. The first-order valence-electron chi connectivity index (χ1n) is 5.20. The largest absolute Gasteiger partial charge is 0.251 e. The molecule has 92 valence electrons. The number of unbranched alkanes of at least 4 members (excludes halogenated alkanes) is 2. The Hall–Kier alpha value is 0.587. The third-order valence-corrected chi connectivity index (χ3v) is 4.25. The molecule has 0 rings (SSSR count). The van der Waals surface area contributed by atoms with E-state index in [9.17, 15) is 13.2 Å². The van der Waals surface area contributed by atoms with Crippen LogP contribution in [0.3, 0.4) is 0 Å². The van der Waals surface area contributed by atoms with Crippen LogP contribution in [-0.2, 0) is 0 Å². The summed E-state index contributed by atoms with van der Waals surface area (Å²) < 4.78 is 37.9. The number of hydrogen-bond donors (Lipinski definition) is 0. The molecule has 0 N–H and O–H groups in total. The molecule has 0 aromatic heterocycles. The minimum atomic E-state index is -1.82. The van der Waals surface area contributed by atoms with Gasteiger partial charge >= 0.3 is 0 Å². The molecule has 0 aliphatic rings. The van der Waals surface area contributed by atoms with Gasteiger partial charge in [0.25, 0.3) is 0 Å². The van der Waals surface area contributed by atoms with Gasteiger partial charge < -0.3 is 0 Å². The van der Waals surface area contributed by atoms with E-state index in [1.54, 1.807) is 0 Å². The summed E-state index contributed by atoms with van der Waals surface area (Å²) in [5.74, 6) is 0. The van der Waals surface area contributed by atoms with E-state index in [0.717, 1.165) is 0 Å². The Morgan fingerprint density at radius 2 is 1.53 bits per heavy atom. The lowest BCUT2D eigenvalue weighted by atomic mass is 10.1. The smallest absolute Gasteiger partial charge is 0.237 e. The molecule has 0 heterocycles. The molecular weight excluding hydrogens is 264 g/mol. The Balaban J connectivity index is 3.46. The Morgan fingerprint density at radius 3 is 2.07 bits per heavy atom. The fourth-order valence-electron chi connectivity index (χ4n) is 1.26. The molecule has 0 aliphatic heterocycles. The zero-order valence-corrected chi connectivity index (χ0v) is 11.2. The Kier molecular flexibility index (Phi) is 10.2. The molecule has 0 radical (unpaired) electrons. The lowest BCUT2D eigenvalue weighted by molar-refractivity contribution is 0.150. The highest BCUT2D eigenvalue weighted by atomic mass is 35.7. The van der Waals surface area contributed by atoms with Gasteiger partial charge in [-0.3, -0.25) is 4.39 Å². The second kappa shape index (κ2) is 9.79. The molecule has 0 aliphatic carbocycles. The molecule has 0 nitrogen and oxygen atoms in total. The maximum Gasteiger partial charge on any atom is 0.237 e. The van der Waals surface area contributed by atoms with Crippen LogP contribution in [0.15, 0.2) is 0 Å². The van der Waals surface area contributed by atoms with Gasteiger partial charge in [-0.25, -0.2) is 8.78 Å². The van der Waals surface area contributed by atoms with Gasteiger partial charge in [0.2, 0.25) is 7.42 Å². The van der Waals surface area contributed by atoms with Crippen molar-refractivity contribution >= 4 is 29.6 Å². The van der Waals surface area contributed by atoms with Crippen molar-refractivity contribution in [3.8, 4) is 0 Å². The van der Waals surface area contributed by atoms with Crippen molar-refractivity contribution in [2.24, 2.45) is 0 Å². The molecule has 0 amide bonds. The summed E-state index contributed by atoms with van der Waals surface area (Å²) in [5, 5.41) is 0. The summed E-state index contributed by atoms with van der Waals surface area (Å²) in [5.41, 5.74) is 0. The van der Waals surface area contributed by atoms with E-state index in [1.165, 1.54) is 0 Å². The maximum absolute atomic E-state index is 13.1. The second-order valence-electron chi connectivity index (χ2n) is 3.54. The molecule has 0 spiro atoms. The number of rotatable bonds is 9. The lowest BCUT2D eigenvalue weighted by Crippen LogP contribution is -2.18. The molecule has 6 heteroatoms. The highest BCUT2D eigenvalue weighted by Crippen LogP contribution is 2.19. The van der Waals surface area contributed by atoms with Gasteiger partial charge in [-0.15, -0.1) is 0 Å². The third kappa shape index (κ3) is 9.51. The summed E-state index contributed by atoms with van der Waals surface area (Å²) in [6.07, 6.45) is -1.07. The van der Waals surface area contributed by atoms with Crippen LogP contribution in [0.5, 0.6) is 0 Å². The molecule has 0 fully saturated rings. The first kappa shape index (κ1) is 15.6. The molecule has 15 heavy (non-hydrogen) atoms. The fraction of sp³-hybridized carbons (Fsp3) is 1.00. The van der Waals surface area contributed by atoms with E-state index in [-0.39, 0.29) is 19.5 Å². The summed E-state index contributed by atoms with van der Waals surface area (Å²) in [6, 6.07) is 0.398. The van der Waals surface area contributed by atoms with Crippen LogP contribution in [0.2, 0.25) is 6.04 Å². The molecule has 0 saturated carbocycles. The maximum atomic E-state index is 13.1. The molecule has 0 bridgehead atoms. The SMILES string of the molecule is FCCCCCC(F)C(F)CC[SiH](Cl)Cl. The van der Waals surface area contributed by atoms with Crippen molar-refractivity contribution in [1.82, 2.24) is 0 Å². The third-order valence-electron chi connectivity index (χ3n) is 2.17. The quantitative estimate of drug-likeness (QED) is 0.336. The average molecular weight is 281 g/mol. The normalized spacial score (nSPS) is 15.6. The van der Waals surface area contributed by atoms with Crippen molar-refractivity contribution in [3.05, 3.63) is 0 Å². The number of hydrogen-bond acceptors (Lipinski definition) is 0. The van der Waals surface area contributed by atoms with Crippen LogP contribution in [0, 0.1) is 0 Å². The van der Waals surface area contributed by atoms with Crippen molar-refractivity contribution < 1.29 is 13.2 Å². The zero-order chi connectivity index (χ0) is 11.7. The zero-order valence-electron chi connectivity index (χ0n) is 8.57. The van der Waals surface area contributed by atoms with E-state index in [4.69, 9.17) is 22.2 Å². The van der Waals surface area contributed by atoms with Crippen LogP contribution in [0.4, 0.5) is 13.2 Å². The van der Waals surface area contributed by atoms with Crippen molar-refractivity contribution in [2.45, 2.75) is 50.5 Å². The molecule has 0 saturated heterocycles. The van der Waals surface area contributed by atoms with E-state index in [1.807, 2.05) is 0 Å². The minimum Gasteiger partial charge on any atom is -0.251 e. The standard InChI is InChI=1S/C9H17Cl2F3Si/c10-15(11)7-5-9(14)8(13)4-2-1-3-6-12/h8-9,15H,1-7H2. The van der Waals surface area contributed by atoms with E-state index in [2.05, 4.69) is 0 Å². The van der Waals surface area contributed by atoms with Crippen molar-refractivity contribution in [2.75, 3.05) is 6.67 Å². The lowest BCUT2D eigenvalue weighted by Gasteiger charge is -2.13. The van der Waals surface area contributed by atoms with E-state index < -0.39 is 19.8 Å². The molecule has 0 aromatic carbocycles. The topological polar surface area (TPSA) is 0 Å². The van der Waals surface area contributed by atoms with Gasteiger partial charge in [0, 0.05) is 0 Å². The van der Waals surface area contributed by atoms with Crippen LogP contribution in [0.1, 0.15) is 32.1 Å². The summed E-state index contributed by atoms with van der Waals surface area (Å²) in [4.78, 5) is 0. The van der Waals surface area contributed by atoms with Gasteiger partial charge in [0.05, 0.1) is 6.67 Å². The highest BCUT2D eigenvalue weighted by molar-refractivity contribution is 7.33. The van der Waals surface area contributed by atoms with E-state index >= 15 is 0 Å². The van der Waals surface area contributed by atoms with Crippen LogP contribution >= 0.6 is 22.2 Å². The van der Waals surface area contributed by atoms with Gasteiger partial charge in [0.1, 0.15) is 12.3 Å². The fourth-order valence-corrected chi connectivity index (χ4v) is 2.58. The van der Waals surface area contributed by atoms with Gasteiger partial charge in [-0.05, 0) is 25.3 Å². The van der Waals surface area contributed by atoms with Crippen LogP contribution in [-0.4, -0.2) is 26.4 Å². The summed E-state index contributed by atoms with van der Waals surface area (Å²) in [7, 11) is -1.82. The van der Waals surface area contributed by atoms with Crippen LogP contribution < -0.4 is 0 Å².